The van der Waals surface area contributed by atoms with Crippen molar-refractivity contribution in [2.45, 2.75) is 26.8 Å². The van der Waals surface area contributed by atoms with Crippen LogP contribution in [-0.2, 0) is 14.3 Å². The van der Waals surface area contributed by atoms with Crippen LogP contribution in [0.2, 0.25) is 10.0 Å². The molecule has 2 aromatic carbocycles. The van der Waals surface area contributed by atoms with Crippen molar-refractivity contribution in [1.82, 2.24) is 4.57 Å². The number of hydrogen-bond acceptors (Lipinski definition) is 9. The molecule has 1 atom stereocenters. The van der Waals surface area contributed by atoms with Gasteiger partial charge in [0.25, 0.3) is 5.56 Å². The minimum absolute atomic E-state index is 0.0219. The van der Waals surface area contributed by atoms with Gasteiger partial charge in [-0.1, -0.05) is 40.6 Å². The van der Waals surface area contributed by atoms with Gasteiger partial charge in [0.2, 0.25) is 0 Å². The summed E-state index contributed by atoms with van der Waals surface area (Å²) in [7, 11) is 1.53. The molecule has 13 heteroatoms. The summed E-state index contributed by atoms with van der Waals surface area (Å²) in [6.45, 7) is 5.15. The monoisotopic (exact) mass is 620 g/mol. The molecule has 4 rings (SSSR count). The van der Waals surface area contributed by atoms with E-state index in [1.54, 1.807) is 38.1 Å². The van der Waals surface area contributed by atoms with E-state index >= 15 is 0 Å². The van der Waals surface area contributed by atoms with E-state index in [9.17, 15) is 14.4 Å². The quantitative estimate of drug-likeness (QED) is 0.337. The predicted molar refractivity (Wildman–Crippen MR) is 154 cm³/mol. The number of fused-ring (bicyclic) bond motifs is 1. The lowest BCUT2D eigenvalue weighted by molar-refractivity contribution is -0.140. The molecule has 3 aromatic rings. The molecule has 0 saturated heterocycles. The van der Waals surface area contributed by atoms with Gasteiger partial charge >= 0.3 is 11.9 Å². The van der Waals surface area contributed by atoms with E-state index < -0.39 is 30.1 Å². The maximum absolute atomic E-state index is 13.9. The molecular formula is C28H26Cl2N2O8S. The van der Waals surface area contributed by atoms with E-state index in [0.717, 1.165) is 11.3 Å². The van der Waals surface area contributed by atoms with Gasteiger partial charge in [-0.3, -0.25) is 9.36 Å². The number of nitrogens with zero attached hydrogens (tertiary/aromatic N) is 2. The maximum atomic E-state index is 13.9. The van der Waals surface area contributed by atoms with Crippen LogP contribution in [-0.4, -0.2) is 48.5 Å². The van der Waals surface area contributed by atoms with Crippen molar-refractivity contribution in [2.24, 2.45) is 4.99 Å². The van der Waals surface area contributed by atoms with E-state index in [0.29, 0.717) is 44.3 Å². The second-order valence-corrected chi connectivity index (χ2v) is 10.5. The highest BCUT2D eigenvalue weighted by Crippen LogP contribution is 2.37. The first-order chi connectivity index (χ1) is 19.6. The van der Waals surface area contributed by atoms with Crippen LogP contribution in [0.1, 0.15) is 37.9 Å². The minimum Gasteiger partial charge on any atom is -0.493 e. The van der Waals surface area contributed by atoms with Crippen LogP contribution < -0.4 is 29.1 Å². The Morgan fingerprint density at radius 1 is 1.10 bits per heavy atom. The highest BCUT2D eigenvalue weighted by molar-refractivity contribution is 7.07. The van der Waals surface area contributed by atoms with E-state index in [1.165, 1.54) is 23.8 Å². The summed E-state index contributed by atoms with van der Waals surface area (Å²) in [6.07, 6.45) is 1.59. The first-order valence-corrected chi connectivity index (χ1v) is 14.0. The predicted octanol–water partition coefficient (Wildman–Crippen LogP) is 3.98. The molecule has 1 N–H and O–H groups in total. The Hall–Kier alpha value is -3.80. The Morgan fingerprint density at radius 2 is 1.80 bits per heavy atom. The number of benzene rings is 2. The number of thiazole rings is 1. The molecule has 0 unspecified atom stereocenters. The number of ether oxygens (including phenoxy) is 4. The first-order valence-electron chi connectivity index (χ1n) is 12.4. The average molecular weight is 621 g/mol. The van der Waals surface area contributed by atoms with Crippen molar-refractivity contribution in [3.05, 3.63) is 82.5 Å². The van der Waals surface area contributed by atoms with Gasteiger partial charge < -0.3 is 24.1 Å². The zero-order chi connectivity index (χ0) is 29.8. The molecule has 1 aliphatic heterocycles. The van der Waals surface area contributed by atoms with Gasteiger partial charge in [-0.2, -0.15) is 0 Å². The molecule has 0 radical (unpaired) electrons. The fraction of sp³-hybridized carbons (Fsp3) is 0.286. The normalized spacial score (nSPS) is 14.8. The number of aromatic nitrogens is 1. The Balaban J connectivity index is 1.90. The summed E-state index contributed by atoms with van der Waals surface area (Å²) in [5, 5.41) is 9.05. The summed E-state index contributed by atoms with van der Waals surface area (Å²) in [5.41, 5.74) is 1.32. The zero-order valence-electron chi connectivity index (χ0n) is 22.5. The summed E-state index contributed by atoms with van der Waals surface area (Å²) < 4.78 is 23.4. The van der Waals surface area contributed by atoms with Crippen LogP contribution in [0.3, 0.4) is 0 Å². The number of carboxylic acid groups (broad SMARTS) is 1. The van der Waals surface area contributed by atoms with Gasteiger partial charge in [0.05, 0.1) is 52.2 Å². The van der Waals surface area contributed by atoms with Crippen molar-refractivity contribution in [3.8, 4) is 17.2 Å². The van der Waals surface area contributed by atoms with E-state index in [-0.39, 0.29) is 28.0 Å². The molecule has 2 heterocycles. The number of carbonyl (C=O) groups is 2. The Kier molecular flexibility index (Phi) is 9.42. The summed E-state index contributed by atoms with van der Waals surface area (Å²) in [6, 6.07) is 7.37. The van der Waals surface area contributed by atoms with Gasteiger partial charge in [-0.15, -0.1) is 0 Å². The Bertz CT molecular complexity index is 1700. The lowest BCUT2D eigenvalue weighted by atomic mass is 9.95. The van der Waals surface area contributed by atoms with Gasteiger partial charge in [0.15, 0.2) is 28.7 Å². The zero-order valence-corrected chi connectivity index (χ0v) is 24.9. The molecule has 1 aliphatic rings. The summed E-state index contributed by atoms with van der Waals surface area (Å²) in [5.74, 6) is -0.779. The molecule has 0 bridgehead atoms. The van der Waals surface area contributed by atoms with Gasteiger partial charge in [-0.05, 0) is 62.2 Å². The maximum Gasteiger partial charge on any atom is 0.341 e. The molecular weight excluding hydrogens is 595 g/mol. The van der Waals surface area contributed by atoms with E-state index in [4.69, 9.17) is 47.3 Å². The minimum atomic E-state index is -1.18. The van der Waals surface area contributed by atoms with Crippen molar-refractivity contribution < 1.29 is 33.6 Å². The second-order valence-electron chi connectivity index (χ2n) is 8.64. The van der Waals surface area contributed by atoms with E-state index in [2.05, 4.69) is 4.99 Å². The van der Waals surface area contributed by atoms with Crippen LogP contribution >= 0.6 is 34.5 Å². The molecule has 1 aromatic heterocycles. The number of aliphatic carboxylic acids is 1. The molecule has 0 amide bonds. The Morgan fingerprint density at radius 3 is 2.41 bits per heavy atom. The molecule has 41 heavy (non-hydrogen) atoms. The smallest absolute Gasteiger partial charge is 0.341 e. The van der Waals surface area contributed by atoms with Gasteiger partial charge in [0.1, 0.15) is 0 Å². The lowest BCUT2D eigenvalue weighted by Gasteiger charge is -2.25. The number of carbonyl (C=O) groups excluding carboxylic acids is 1. The van der Waals surface area contributed by atoms with Gasteiger partial charge in [-0.25, -0.2) is 14.6 Å². The number of methoxy groups -OCH3 is 1. The third kappa shape index (κ3) is 6.27. The molecule has 10 nitrogen and oxygen atoms in total. The van der Waals surface area contributed by atoms with Crippen molar-refractivity contribution in [3.63, 3.8) is 0 Å². The molecule has 0 saturated carbocycles. The molecule has 0 fully saturated rings. The largest absolute Gasteiger partial charge is 0.493 e. The highest BCUT2D eigenvalue weighted by Gasteiger charge is 2.34. The number of allylic oxidation sites excluding steroid dienone is 1. The SMILES string of the molecule is CCOC(=O)C1=C(C)N=c2s/c(=C\c3cc(Cl)c(OCC(=O)O)c(Cl)c3)c(=O)n2[C@H]1c1ccc(OC)c(OCC)c1. The highest BCUT2D eigenvalue weighted by atomic mass is 35.5. The number of halogens is 2. The fourth-order valence-electron chi connectivity index (χ4n) is 4.32. The topological polar surface area (TPSA) is 126 Å². The van der Waals surface area contributed by atoms with Crippen molar-refractivity contribution in [2.75, 3.05) is 26.9 Å². The number of hydrogen-bond donors (Lipinski definition) is 1. The van der Waals surface area contributed by atoms with Crippen LogP contribution in [0.15, 0.2) is 51.4 Å². The van der Waals surface area contributed by atoms with Gasteiger partial charge in [0, 0.05) is 0 Å². The number of rotatable bonds is 10. The molecule has 0 spiro atoms. The fourth-order valence-corrected chi connectivity index (χ4v) is 5.98. The lowest BCUT2D eigenvalue weighted by Crippen LogP contribution is -2.40. The first kappa shape index (κ1) is 30.2. The van der Waals surface area contributed by atoms with Crippen LogP contribution in [0, 0.1) is 0 Å². The third-order valence-corrected chi connectivity index (χ3v) is 7.52. The number of esters is 1. The van der Waals surface area contributed by atoms with Crippen molar-refractivity contribution >= 4 is 52.6 Å². The third-order valence-electron chi connectivity index (χ3n) is 5.98. The van der Waals surface area contributed by atoms with Crippen LogP contribution in [0.25, 0.3) is 6.08 Å². The number of carboxylic acids is 1. The summed E-state index contributed by atoms with van der Waals surface area (Å²) in [4.78, 5) is 42.8. The van der Waals surface area contributed by atoms with Crippen LogP contribution in [0.5, 0.6) is 17.2 Å². The van der Waals surface area contributed by atoms with Crippen LogP contribution in [0.4, 0.5) is 0 Å². The molecule has 0 aliphatic carbocycles. The van der Waals surface area contributed by atoms with E-state index in [1.807, 2.05) is 6.92 Å². The van der Waals surface area contributed by atoms with Crippen molar-refractivity contribution in [1.29, 1.82) is 0 Å². The average Bonchev–Trinajstić information content (AvgIpc) is 3.21. The standard InChI is InChI=1S/C28H26Cl2N2O8S/c1-5-38-20-12-16(7-8-19(20)37-4)24-23(27(36)39-6-2)14(3)31-28-32(24)26(35)21(41-28)11-15-9-17(29)25(18(30)10-15)40-13-22(33)34/h7-12,24H,5-6,13H2,1-4H3,(H,33,34)/b21-11-/t24-/m0/s1. The second kappa shape index (κ2) is 12.8. The Labute approximate surface area is 248 Å². The summed E-state index contributed by atoms with van der Waals surface area (Å²) >= 11 is 13.7. The molecule has 216 valence electrons.